The summed E-state index contributed by atoms with van der Waals surface area (Å²) in [6.45, 7) is 0. The fourth-order valence-corrected chi connectivity index (χ4v) is 4.35. The highest BCUT2D eigenvalue weighted by atomic mass is 33.1. The van der Waals surface area contributed by atoms with Crippen LogP contribution in [0.15, 0.2) is 0 Å². The van der Waals surface area contributed by atoms with Gasteiger partial charge in [0.15, 0.2) is 0 Å². The molecule has 0 aromatic rings. The van der Waals surface area contributed by atoms with Crippen molar-refractivity contribution in [2.24, 2.45) is 0 Å². The van der Waals surface area contributed by atoms with Crippen LogP contribution < -0.4 is 31.9 Å². The number of amides is 6. The first-order valence-electron chi connectivity index (χ1n) is 11.9. The van der Waals surface area contributed by atoms with Crippen LogP contribution in [0.1, 0.15) is 44.9 Å². The molecule has 0 saturated heterocycles. The number of carboxylic acids is 1. The molecule has 0 radical (unpaired) electrons. The van der Waals surface area contributed by atoms with Crippen LogP contribution in [-0.2, 0) is 33.6 Å². The molecule has 0 aliphatic heterocycles. The summed E-state index contributed by atoms with van der Waals surface area (Å²) in [5, 5.41) is 23.8. The Morgan fingerprint density at radius 2 is 1.11 bits per heavy atom. The first-order chi connectivity index (χ1) is 18.0. The predicted molar refractivity (Wildman–Crippen MR) is 144 cm³/mol. The van der Waals surface area contributed by atoms with Gasteiger partial charge in [-0.25, -0.2) is 4.79 Å². The molecule has 0 aromatic carbocycles. The number of unbranched alkanes of at least 4 members (excludes halogenated alkanes) is 2. The zero-order chi connectivity index (χ0) is 29.1. The lowest BCUT2D eigenvalue weighted by atomic mass is 10.1. The van der Waals surface area contributed by atoms with Gasteiger partial charge in [-0.15, -0.1) is 0 Å². The quantitative estimate of drug-likeness (QED) is 0.0696. The lowest BCUT2D eigenvalue weighted by Gasteiger charge is -2.21. The predicted octanol–water partition coefficient (Wildman–Crippen LogP) is -1.49. The summed E-state index contributed by atoms with van der Waals surface area (Å²) in [7, 11) is 6.78. The van der Waals surface area contributed by atoms with Gasteiger partial charge in [0.2, 0.25) is 35.4 Å². The highest BCUT2D eigenvalue weighted by Crippen LogP contribution is 2.17. The Morgan fingerprint density at radius 3 is 1.50 bits per heavy atom. The van der Waals surface area contributed by atoms with Gasteiger partial charge in [0.25, 0.3) is 0 Å². The smallest absolute Gasteiger partial charge is 0.327 e. The molecule has 0 aliphatic carbocycles. The van der Waals surface area contributed by atoms with Crippen LogP contribution in [0, 0.1) is 0 Å². The van der Waals surface area contributed by atoms with E-state index in [-0.39, 0.29) is 31.4 Å². The summed E-state index contributed by atoms with van der Waals surface area (Å²) in [4.78, 5) is 83.8. The SMILES string of the molecule is CNC(=O)CC(NC(=O)CCCCCC(=O)NC(CC(=O)NC)C(=O)NC(CSSC)C(=O)O)C(=O)NC. The molecule has 0 spiro atoms. The number of hydrogen-bond acceptors (Lipinski definition) is 9. The van der Waals surface area contributed by atoms with E-state index in [2.05, 4.69) is 31.9 Å². The van der Waals surface area contributed by atoms with E-state index in [1.54, 1.807) is 6.26 Å². The van der Waals surface area contributed by atoms with Crippen molar-refractivity contribution in [2.45, 2.75) is 63.1 Å². The summed E-state index contributed by atoms with van der Waals surface area (Å²) < 4.78 is 0. The van der Waals surface area contributed by atoms with E-state index < -0.39 is 59.5 Å². The number of rotatable bonds is 19. The summed E-state index contributed by atoms with van der Waals surface area (Å²) in [5.41, 5.74) is 0. The van der Waals surface area contributed by atoms with E-state index in [1.807, 2.05) is 0 Å². The van der Waals surface area contributed by atoms with E-state index in [4.69, 9.17) is 0 Å². The van der Waals surface area contributed by atoms with E-state index in [0.29, 0.717) is 19.3 Å². The molecular formula is C22H38N6O8S2. The standard InChI is InChI=1S/C22H38N6O8S2/c1-23-18(31)10-13(20(33)25-3)26-16(29)8-6-5-7-9-17(30)27-14(11-19(32)24-2)21(34)28-15(22(35)36)12-38-37-4/h13-15H,5-12H2,1-4H3,(H,23,31)(H,24,32)(H,25,33)(H,26,29)(H,27,30)(H,28,34)(H,35,36). The summed E-state index contributed by atoms with van der Waals surface area (Å²) in [5.74, 6) is -4.23. The molecule has 0 aliphatic rings. The second-order valence-electron chi connectivity index (χ2n) is 8.02. The van der Waals surface area contributed by atoms with Crippen molar-refractivity contribution in [3.8, 4) is 0 Å². The Balaban J connectivity index is 4.73. The van der Waals surface area contributed by atoms with Gasteiger partial charge in [-0.2, -0.15) is 0 Å². The van der Waals surface area contributed by atoms with Crippen LogP contribution >= 0.6 is 21.6 Å². The van der Waals surface area contributed by atoms with E-state index >= 15 is 0 Å². The number of carbonyl (C=O) groups excluding carboxylic acids is 6. The first kappa shape index (κ1) is 35.0. The maximum absolute atomic E-state index is 12.6. The Morgan fingerprint density at radius 1 is 0.632 bits per heavy atom. The molecule has 0 bridgehead atoms. The van der Waals surface area contributed by atoms with Gasteiger partial charge in [0.1, 0.15) is 18.1 Å². The maximum Gasteiger partial charge on any atom is 0.327 e. The summed E-state index contributed by atoms with van der Waals surface area (Å²) >= 11 is 0. The molecule has 38 heavy (non-hydrogen) atoms. The monoisotopic (exact) mass is 578 g/mol. The Labute approximate surface area is 229 Å². The summed E-state index contributed by atoms with van der Waals surface area (Å²) in [6, 6.07) is -3.44. The third kappa shape index (κ3) is 15.3. The van der Waals surface area contributed by atoms with Crippen molar-refractivity contribution in [1.29, 1.82) is 0 Å². The van der Waals surface area contributed by atoms with Crippen molar-refractivity contribution < 1.29 is 38.7 Å². The highest BCUT2D eigenvalue weighted by molar-refractivity contribution is 8.76. The Hall–Kier alpha value is -3.01. The zero-order valence-electron chi connectivity index (χ0n) is 22.0. The average Bonchev–Trinajstić information content (AvgIpc) is 2.88. The fourth-order valence-electron chi connectivity index (χ4n) is 3.03. The molecule has 3 unspecified atom stereocenters. The van der Waals surface area contributed by atoms with E-state index in [1.165, 1.54) is 42.7 Å². The summed E-state index contributed by atoms with van der Waals surface area (Å²) in [6.07, 6.45) is 2.58. The topological polar surface area (TPSA) is 212 Å². The van der Waals surface area contributed by atoms with Crippen molar-refractivity contribution >= 4 is 63.0 Å². The van der Waals surface area contributed by atoms with Crippen LogP contribution in [0.5, 0.6) is 0 Å². The number of aliphatic carboxylic acids is 1. The minimum Gasteiger partial charge on any atom is -0.480 e. The molecule has 216 valence electrons. The van der Waals surface area contributed by atoms with Crippen molar-refractivity contribution in [3.05, 3.63) is 0 Å². The van der Waals surface area contributed by atoms with Crippen molar-refractivity contribution in [2.75, 3.05) is 33.2 Å². The zero-order valence-corrected chi connectivity index (χ0v) is 23.6. The highest BCUT2D eigenvalue weighted by Gasteiger charge is 2.28. The largest absolute Gasteiger partial charge is 0.480 e. The number of hydrogen-bond donors (Lipinski definition) is 7. The van der Waals surface area contributed by atoms with Crippen LogP contribution in [0.2, 0.25) is 0 Å². The Kier molecular flexibility index (Phi) is 18.4. The fraction of sp³-hybridized carbons (Fsp3) is 0.682. The van der Waals surface area contributed by atoms with Crippen LogP contribution in [0.3, 0.4) is 0 Å². The normalized spacial score (nSPS) is 12.7. The van der Waals surface area contributed by atoms with Gasteiger partial charge in [-0.3, -0.25) is 28.8 Å². The molecule has 14 nitrogen and oxygen atoms in total. The molecule has 0 fully saturated rings. The molecule has 0 rings (SSSR count). The third-order valence-electron chi connectivity index (χ3n) is 5.16. The molecule has 7 N–H and O–H groups in total. The van der Waals surface area contributed by atoms with Gasteiger partial charge >= 0.3 is 5.97 Å². The van der Waals surface area contributed by atoms with Crippen LogP contribution in [0.4, 0.5) is 0 Å². The lowest BCUT2D eigenvalue weighted by Crippen LogP contribution is -2.53. The van der Waals surface area contributed by atoms with Crippen molar-refractivity contribution in [3.63, 3.8) is 0 Å². The van der Waals surface area contributed by atoms with Crippen LogP contribution in [-0.4, -0.2) is 97.8 Å². The number of likely N-dealkylation sites (N-methyl/N-ethyl adjacent to an activating group) is 1. The number of carbonyl (C=O) groups is 7. The molecule has 0 saturated carbocycles. The number of carboxylic acid groups (broad SMARTS) is 1. The minimum absolute atomic E-state index is 0.0152. The van der Waals surface area contributed by atoms with Gasteiger partial charge < -0.3 is 37.0 Å². The number of nitrogens with one attached hydrogen (secondary N) is 6. The van der Waals surface area contributed by atoms with Gasteiger partial charge in [0, 0.05) is 39.7 Å². The molecule has 0 heterocycles. The second kappa shape index (κ2) is 20.0. The molecular weight excluding hydrogens is 540 g/mol. The van der Waals surface area contributed by atoms with E-state index in [0.717, 1.165) is 0 Å². The third-order valence-corrected chi connectivity index (χ3v) is 6.98. The lowest BCUT2D eigenvalue weighted by molar-refractivity contribution is -0.141. The van der Waals surface area contributed by atoms with Gasteiger partial charge in [0.05, 0.1) is 12.8 Å². The Bertz CT molecular complexity index is 845. The second-order valence-corrected chi connectivity index (χ2v) is 10.6. The maximum atomic E-state index is 12.6. The van der Waals surface area contributed by atoms with Crippen molar-refractivity contribution in [1.82, 2.24) is 31.9 Å². The molecule has 3 atom stereocenters. The molecule has 0 aromatic heterocycles. The molecule has 16 heteroatoms. The van der Waals surface area contributed by atoms with Gasteiger partial charge in [-0.1, -0.05) is 28.0 Å². The van der Waals surface area contributed by atoms with Gasteiger partial charge in [-0.05, 0) is 19.1 Å². The van der Waals surface area contributed by atoms with E-state index in [9.17, 15) is 38.7 Å². The average molecular weight is 579 g/mol. The first-order valence-corrected chi connectivity index (χ1v) is 14.6. The minimum atomic E-state index is -1.25. The molecule has 6 amide bonds. The van der Waals surface area contributed by atoms with Crippen LogP contribution in [0.25, 0.3) is 0 Å².